The SMILES string of the molecule is N#CC(C(N)=O)=c1cc(NC2CCCCC2)cc2c1=NC13CCCCC1CC1=C(CCCC1)N23. The highest BCUT2D eigenvalue weighted by Crippen LogP contribution is 2.54. The molecule has 6 nitrogen and oxygen atoms in total. The maximum atomic E-state index is 12.3. The molecule has 2 saturated carbocycles. The van der Waals surface area contributed by atoms with Crippen molar-refractivity contribution in [1.29, 1.82) is 5.26 Å². The largest absolute Gasteiger partial charge is 0.382 e. The molecule has 178 valence electrons. The van der Waals surface area contributed by atoms with E-state index in [2.05, 4.69) is 22.4 Å². The molecule has 0 radical (unpaired) electrons. The van der Waals surface area contributed by atoms with Gasteiger partial charge in [-0.2, -0.15) is 5.26 Å². The Hall–Kier alpha value is -2.81. The van der Waals surface area contributed by atoms with E-state index in [-0.39, 0.29) is 11.2 Å². The van der Waals surface area contributed by atoms with Gasteiger partial charge in [0, 0.05) is 28.6 Å². The molecule has 1 aromatic rings. The zero-order chi connectivity index (χ0) is 23.3. The van der Waals surface area contributed by atoms with Crippen LogP contribution in [-0.4, -0.2) is 17.6 Å². The van der Waals surface area contributed by atoms with Crippen LogP contribution in [0.3, 0.4) is 0 Å². The van der Waals surface area contributed by atoms with Crippen molar-refractivity contribution in [1.82, 2.24) is 0 Å². The molecule has 2 unspecified atom stereocenters. The number of rotatable bonds is 3. The van der Waals surface area contributed by atoms with Crippen LogP contribution in [-0.2, 0) is 4.79 Å². The Morgan fingerprint density at radius 2 is 1.88 bits per heavy atom. The summed E-state index contributed by atoms with van der Waals surface area (Å²) in [6.07, 6.45) is 16.7. The third-order valence-electron chi connectivity index (χ3n) is 8.94. The first-order valence-corrected chi connectivity index (χ1v) is 13.4. The fourth-order valence-electron chi connectivity index (χ4n) is 7.40. The molecule has 1 amide bonds. The highest BCUT2D eigenvalue weighted by molar-refractivity contribution is 6.17. The molecule has 0 bridgehead atoms. The van der Waals surface area contributed by atoms with Crippen molar-refractivity contribution < 1.29 is 4.79 Å². The molecule has 0 saturated heterocycles. The van der Waals surface area contributed by atoms with E-state index in [0.29, 0.717) is 17.2 Å². The predicted octanol–water partition coefficient (Wildman–Crippen LogP) is 4.15. The molecule has 6 rings (SSSR count). The Kier molecular flexibility index (Phi) is 5.39. The molecular weight excluding hydrogens is 422 g/mol. The van der Waals surface area contributed by atoms with Crippen molar-refractivity contribution in [3.63, 3.8) is 0 Å². The number of primary amides is 1. The molecule has 6 heteroatoms. The second-order valence-corrected chi connectivity index (χ2v) is 11.0. The lowest BCUT2D eigenvalue weighted by atomic mass is 9.70. The molecule has 3 N–H and O–H groups in total. The van der Waals surface area contributed by atoms with Gasteiger partial charge in [-0.25, -0.2) is 0 Å². The summed E-state index contributed by atoms with van der Waals surface area (Å²) >= 11 is 0. The number of nitrogens with two attached hydrogens (primary N) is 1. The topological polar surface area (TPSA) is 94.5 Å². The minimum atomic E-state index is -0.671. The Labute approximate surface area is 201 Å². The Morgan fingerprint density at radius 1 is 1.09 bits per heavy atom. The lowest BCUT2D eigenvalue weighted by molar-refractivity contribution is -0.112. The van der Waals surface area contributed by atoms with E-state index in [1.165, 1.54) is 63.5 Å². The molecule has 3 aliphatic carbocycles. The zero-order valence-electron chi connectivity index (χ0n) is 20.0. The molecule has 2 aliphatic heterocycles. The molecule has 1 aromatic carbocycles. The standard InChI is InChI=1S/C28H35N5O/c29-17-23(27(30)34)22-15-21(31-20-10-2-1-3-11-20)16-25-26(22)32-28-13-7-6-9-19(28)14-18-8-4-5-12-24(18)33(25)28/h15-16,19-20,31H,1-14H2,(H2,30,34). The number of nitrogens with one attached hydrogen (secondary N) is 1. The second-order valence-electron chi connectivity index (χ2n) is 11.0. The summed E-state index contributed by atoms with van der Waals surface area (Å²) in [4.78, 5) is 20.3. The third-order valence-corrected chi connectivity index (χ3v) is 8.94. The van der Waals surface area contributed by atoms with Crippen molar-refractivity contribution >= 4 is 22.9 Å². The summed E-state index contributed by atoms with van der Waals surface area (Å²) < 4.78 is 0. The number of benzene rings is 1. The zero-order valence-corrected chi connectivity index (χ0v) is 20.0. The molecule has 0 aromatic heterocycles. The minimum Gasteiger partial charge on any atom is -0.382 e. The van der Waals surface area contributed by atoms with Gasteiger partial charge in [0.15, 0.2) is 0 Å². The van der Waals surface area contributed by atoms with Crippen LogP contribution in [0.4, 0.5) is 11.4 Å². The molecular formula is C28H35N5O. The van der Waals surface area contributed by atoms with Gasteiger partial charge >= 0.3 is 0 Å². The van der Waals surface area contributed by atoms with Gasteiger partial charge in [0.25, 0.3) is 5.91 Å². The number of nitrogens with zero attached hydrogens (tertiary/aromatic N) is 3. The van der Waals surface area contributed by atoms with E-state index >= 15 is 0 Å². The Balaban J connectivity index is 1.59. The fraction of sp³-hybridized carbons (Fsp3) is 0.607. The van der Waals surface area contributed by atoms with Crippen molar-refractivity contribution in [2.24, 2.45) is 16.6 Å². The first-order valence-electron chi connectivity index (χ1n) is 13.4. The summed E-state index contributed by atoms with van der Waals surface area (Å²) in [7, 11) is 0. The number of nitriles is 1. The maximum absolute atomic E-state index is 12.3. The summed E-state index contributed by atoms with van der Waals surface area (Å²) in [5.74, 6) is -0.179. The van der Waals surface area contributed by atoms with Crippen LogP contribution in [0, 0.1) is 17.2 Å². The number of hydrogen-bond donors (Lipinski definition) is 2. The van der Waals surface area contributed by atoms with Crippen molar-refractivity contribution in [2.75, 3.05) is 10.2 Å². The summed E-state index contributed by atoms with van der Waals surface area (Å²) in [6, 6.07) is 6.75. The molecule has 2 fully saturated rings. The van der Waals surface area contributed by atoms with Crippen LogP contribution in [0.1, 0.15) is 89.9 Å². The minimum absolute atomic E-state index is 0.0220. The number of fused-ring (bicyclic) bond motifs is 3. The monoisotopic (exact) mass is 457 g/mol. The van der Waals surface area contributed by atoms with Crippen molar-refractivity contribution in [2.45, 2.75) is 102 Å². The van der Waals surface area contributed by atoms with Crippen LogP contribution in [0.5, 0.6) is 0 Å². The number of hydrogen-bond acceptors (Lipinski definition) is 5. The van der Waals surface area contributed by atoms with Crippen LogP contribution in [0.2, 0.25) is 0 Å². The predicted molar refractivity (Wildman–Crippen MR) is 133 cm³/mol. The number of carbonyl (C=O) groups excluding carboxylic acids is 1. The second kappa shape index (κ2) is 8.45. The highest BCUT2D eigenvalue weighted by Gasteiger charge is 2.53. The third kappa shape index (κ3) is 3.35. The van der Waals surface area contributed by atoms with Crippen LogP contribution in [0.25, 0.3) is 5.57 Å². The molecule has 2 heterocycles. The molecule has 1 spiro atoms. The van der Waals surface area contributed by atoms with E-state index in [9.17, 15) is 10.1 Å². The Bertz CT molecular complexity index is 1220. The smallest absolute Gasteiger partial charge is 0.260 e. The number of anilines is 2. The van der Waals surface area contributed by atoms with Gasteiger partial charge in [-0.3, -0.25) is 9.79 Å². The molecule has 2 atom stereocenters. The number of allylic oxidation sites excluding steroid dienone is 2. The van der Waals surface area contributed by atoms with Gasteiger partial charge in [-0.1, -0.05) is 31.3 Å². The molecule has 5 aliphatic rings. The first-order chi connectivity index (χ1) is 16.6. The maximum Gasteiger partial charge on any atom is 0.260 e. The van der Waals surface area contributed by atoms with Gasteiger partial charge < -0.3 is 16.0 Å². The van der Waals surface area contributed by atoms with Gasteiger partial charge in [0.2, 0.25) is 0 Å². The lowest BCUT2D eigenvalue weighted by Crippen LogP contribution is -2.55. The van der Waals surface area contributed by atoms with E-state index in [1.807, 2.05) is 6.07 Å². The van der Waals surface area contributed by atoms with Crippen LogP contribution < -0.4 is 26.5 Å². The number of carbonyl (C=O) groups is 1. The van der Waals surface area contributed by atoms with Gasteiger partial charge in [-0.05, 0) is 76.3 Å². The summed E-state index contributed by atoms with van der Waals surface area (Å²) in [5.41, 5.74) is 10.6. The first kappa shape index (κ1) is 21.7. The van der Waals surface area contributed by atoms with Gasteiger partial charge in [-0.15, -0.1) is 0 Å². The average Bonchev–Trinajstić information content (AvgIpc) is 3.18. The summed E-state index contributed by atoms with van der Waals surface area (Å²) in [5, 5.41) is 15.1. The van der Waals surface area contributed by atoms with Crippen LogP contribution >= 0.6 is 0 Å². The fourth-order valence-corrected chi connectivity index (χ4v) is 7.40. The average molecular weight is 458 g/mol. The van der Waals surface area contributed by atoms with E-state index in [1.54, 1.807) is 5.57 Å². The quantitative estimate of drug-likeness (QED) is 0.713. The van der Waals surface area contributed by atoms with E-state index < -0.39 is 5.91 Å². The normalized spacial score (nSPS) is 29.1. The summed E-state index contributed by atoms with van der Waals surface area (Å²) in [6.45, 7) is 0. The van der Waals surface area contributed by atoms with Gasteiger partial charge in [0.1, 0.15) is 17.3 Å². The van der Waals surface area contributed by atoms with E-state index in [0.717, 1.165) is 48.8 Å². The van der Waals surface area contributed by atoms with Crippen LogP contribution in [0.15, 0.2) is 28.4 Å². The molecule has 34 heavy (non-hydrogen) atoms. The van der Waals surface area contributed by atoms with Gasteiger partial charge in [0.05, 0.1) is 11.0 Å². The van der Waals surface area contributed by atoms with E-state index in [4.69, 9.17) is 10.7 Å². The lowest BCUT2D eigenvalue weighted by Gasteiger charge is -2.52. The van der Waals surface area contributed by atoms with Crippen molar-refractivity contribution in [3.05, 3.63) is 34.0 Å². The number of amides is 1. The van der Waals surface area contributed by atoms with Crippen molar-refractivity contribution in [3.8, 4) is 6.07 Å². The Morgan fingerprint density at radius 3 is 2.68 bits per heavy atom. The highest BCUT2D eigenvalue weighted by atomic mass is 16.1.